The van der Waals surface area contributed by atoms with Gasteiger partial charge in [-0.1, -0.05) is 0 Å². The molecule has 0 aromatic heterocycles. The van der Waals surface area contributed by atoms with E-state index < -0.39 is 11.6 Å². The Bertz CT molecular complexity index is 277. The molecule has 4 nitrogen and oxygen atoms in total. The van der Waals surface area contributed by atoms with Gasteiger partial charge >= 0.3 is 0 Å². The molecule has 1 N–H and O–H groups in total. The van der Waals surface area contributed by atoms with Crippen LogP contribution in [0.1, 0.15) is 32.1 Å². The lowest BCUT2D eigenvalue weighted by molar-refractivity contribution is -0.602. The van der Waals surface area contributed by atoms with Crippen LogP contribution in [0.2, 0.25) is 0 Å². The summed E-state index contributed by atoms with van der Waals surface area (Å²) in [5.41, 5.74) is -0.964. The second kappa shape index (κ2) is 2.48. The van der Waals surface area contributed by atoms with Crippen molar-refractivity contribution in [3.05, 3.63) is 10.1 Å². The molecule has 4 bridgehead atoms. The summed E-state index contributed by atoms with van der Waals surface area (Å²) in [6, 6.07) is 0. The minimum atomic E-state index is -0.964. The monoisotopic (exact) mass is 197 g/mol. The lowest BCUT2D eigenvalue weighted by atomic mass is 9.52. The molecule has 0 spiro atoms. The van der Waals surface area contributed by atoms with Gasteiger partial charge in [0.1, 0.15) is 6.10 Å². The van der Waals surface area contributed by atoms with Crippen molar-refractivity contribution in [3.8, 4) is 0 Å². The molecular weight excluding hydrogens is 182 g/mol. The molecule has 0 saturated heterocycles. The third kappa shape index (κ3) is 0.874. The van der Waals surface area contributed by atoms with Crippen LogP contribution in [-0.2, 0) is 0 Å². The van der Waals surface area contributed by atoms with E-state index in [1.807, 2.05) is 0 Å². The van der Waals surface area contributed by atoms with Crippen LogP contribution in [0.15, 0.2) is 0 Å². The van der Waals surface area contributed by atoms with Crippen molar-refractivity contribution in [2.24, 2.45) is 17.8 Å². The van der Waals surface area contributed by atoms with Gasteiger partial charge in [-0.3, -0.25) is 10.1 Å². The predicted octanol–water partition coefficient (Wildman–Crippen LogP) is 1.20. The number of nitro groups is 1. The average molecular weight is 197 g/mol. The number of aliphatic hydroxyl groups excluding tert-OH is 1. The molecule has 0 aromatic rings. The third-order valence-electron chi connectivity index (χ3n) is 4.58. The van der Waals surface area contributed by atoms with Crippen LogP contribution in [0, 0.1) is 27.9 Å². The quantitative estimate of drug-likeness (QED) is 0.507. The van der Waals surface area contributed by atoms with Gasteiger partial charge in [0, 0.05) is 17.8 Å². The average Bonchev–Trinajstić information content (AvgIpc) is 2.12. The Morgan fingerprint density at radius 2 is 1.79 bits per heavy atom. The summed E-state index contributed by atoms with van der Waals surface area (Å²) in [5, 5.41) is 21.1. The fourth-order valence-electron chi connectivity index (χ4n) is 4.23. The van der Waals surface area contributed by atoms with Gasteiger partial charge in [-0.25, -0.2) is 0 Å². The maximum Gasteiger partial charge on any atom is 0.248 e. The van der Waals surface area contributed by atoms with E-state index >= 15 is 0 Å². The zero-order chi connectivity index (χ0) is 9.92. The van der Waals surface area contributed by atoms with Crippen molar-refractivity contribution >= 4 is 0 Å². The van der Waals surface area contributed by atoms with Crippen molar-refractivity contribution in [2.75, 3.05) is 0 Å². The maximum absolute atomic E-state index is 11.1. The SMILES string of the molecule is O=[N+]([O-])C12CC3CC(CC(C3)C1O)C2. The Balaban J connectivity index is 2.01. The van der Waals surface area contributed by atoms with E-state index in [1.54, 1.807) is 0 Å². The Morgan fingerprint density at radius 1 is 1.21 bits per heavy atom. The summed E-state index contributed by atoms with van der Waals surface area (Å²) in [6.45, 7) is 0. The van der Waals surface area contributed by atoms with Crippen LogP contribution in [0.3, 0.4) is 0 Å². The highest BCUT2D eigenvalue weighted by Crippen LogP contribution is 2.56. The molecular formula is C10H15NO3. The van der Waals surface area contributed by atoms with Gasteiger partial charge in [0.2, 0.25) is 5.54 Å². The van der Waals surface area contributed by atoms with E-state index in [0.29, 0.717) is 24.7 Å². The van der Waals surface area contributed by atoms with E-state index in [2.05, 4.69) is 0 Å². The van der Waals surface area contributed by atoms with Crippen molar-refractivity contribution in [2.45, 2.75) is 43.7 Å². The zero-order valence-corrected chi connectivity index (χ0v) is 8.06. The largest absolute Gasteiger partial charge is 0.385 e. The zero-order valence-electron chi connectivity index (χ0n) is 8.06. The predicted molar refractivity (Wildman–Crippen MR) is 49.3 cm³/mol. The number of hydrogen-bond acceptors (Lipinski definition) is 3. The molecule has 0 amide bonds. The van der Waals surface area contributed by atoms with Gasteiger partial charge in [-0.15, -0.1) is 0 Å². The molecule has 3 atom stereocenters. The van der Waals surface area contributed by atoms with Gasteiger partial charge in [-0.2, -0.15) is 0 Å². The van der Waals surface area contributed by atoms with Gasteiger partial charge in [0.25, 0.3) is 0 Å². The number of hydrogen-bond donors (Lipinski definition) is 1. The van der Waals surface area contributed by atoms with Crippen LogP contribution in [0.25, 0.3) is 0 Å². The van der Waals surface area contributed by atoms with Crippen molar-refractivity contribution < 1.29 is 10.0 Å². The van der Waals surface area contributed by atoms with Crippen molar-refractivity contribution in [3.63, 3.8) is 0 Å². The lowest BCUT2D eigenvalue weighted by Crippen LogP contribution is -2.64. The van der Waals surface area contributed by atoms with Gasteiger partial charge < -0.3 is 5.11 Å². The minimum Gasteiger partial charge on any atom is -0.385 e. The molecule has 4 heteroatoms. The molecule has 4 aliphatic carbocycles. The molecule has 78 valence electrons. The highest BCUT2D eigenvalue weighted by Gasteiger charge is 2.64. The molecule has 4 aliphatic rings. The molecule has 0 aliphatic heterocycles. The van der Waals surface area contributed by atoms with Crippen LogP contribution in [0.4, 0.5) is 0 Å². The molecule has 0 aromatic carbocycles. The Kier molecular flexibility index (Phi) is 1.53. The number of rotatable bonds is 1. The van der Waals surface area contributed by atoms with E-state index in [4.69, 9.17) is 0 Å². The standard InChI is InChI=1S/C10H15NO3/c12-9-8-2-6-1-7(3-8)5-10(9,4-6)11(13)14/h6-9,12H,1-5H2. The summed E-state index contributed by atoms with van der Waals surface area (Å²) >= 11 is 0. The Morgan fingerprint density at radius 3 is 2.29 bits per heavy atom. The van der Waals surface area contributed by atoms with E-state index in [9.17, 15) is 15.2 Å². The van der Waals surface area contributed by atoms with E-state index in [1.165, 1.54) is 6.42 Å². The topological polar surface area (TPSA) is 63.4 Å². The van der Waals surface area contributed by atoms with Gasteiger partial charge in [0.15, 0.2) is 0 Å². The summed E-state index contributed by atoms with van der Waals surface area (Å²) < 4.78 is 0. The van der Waals surface area contributed by atoms with Crippen LogP contribution in [-0.4, -0.2) is 21.7 Å². The summed E-state index contributed by atoms with van der Waals surface area (Å²) in [7, 11) is 0. The smallest absolute Gasteiger partial charge is 0.248 e. The number of nitrogens with zero attached hydrogens (tertiary/aromatic N) is 1. The first-order valence-electron chi connectivity index (χ1n) is 5.44. The number of aliphatic hydroxyl groups is 1. The molecule has 4 rings (SSSR count). The minimum absolute atomic E-state index is 0.192. The van der Waals surface area contributed by atoms with Crippen LogP contribution in [0.5, 0.6) is 0 Å². The maximum atomic E-state index is 11.1. The molecule has 3 unspecified atom stereocenters. The third-order valence-corrected chi connectivity index (χ3v) is 4.58. The van der Waals surface area contributed by atoms with Crippen molar-refractivity contribution in [1.82, 2.24) is 0 Å². The normalized spacial score (nSPS) is 54.9. The summed E-state index contributed by atoms with van der Waals surface area (Å²) in [4.78, 5) is 10.9. The highest BCUT2D eigenvalue weighted by molar-refractivity contribution is 5.07. The first-order chi connectivity index (χ1) is 6.62. The van der Waals surface area contributed by atoms with Crippen LogP contribution >= 0.6 is 0 Å². The first-order valence-corrected chi connectivity index (χ1v) is 5.44. The summed E-state index contributed by atoms with van der Waals surface area (Å²) in [5.74, 6) is 1.24. The molecule has 0 heterocycles. The Labute approximate surface area is 82.5 Å². The fraction of sp³-hybridized carbons (Fsp3) is 1.00. The second-order valence-corrected chi connectivity index (χ2v) is 5.41. The lowest BCUT2D eigenvalue weighted by Gasteiger charge is -2.54. The Hall–Kier alpha value is -0.640. The molecule has 4 fully saturated rings. The molecule has 4 saturated carbocycles. The molecule has 0 radical (unpaired) electrons. The first kappa shape index (κ1) is 8.65. The van der Waals surface area contributed by atoms with Crippen molar-refractivity contribution in [1.29, 1.82) is 0 Å². The van der Waals surface area contributed by atoms with Gasteiger partial charge in [0.05, 0.1) is 0 Å². The van der Waals surface area contributed by atoms with E-state index in [-0.39, 0.29) is 10.8 Å². The fourth-order valence-corrected chi connectivity index (χ4v) is 4.23. The second-order valence-electron chi connectivity index (χ2n) is 5.41. The van der Waals surface area contributed by atoms with Gasteiger partial charge in [-0.05, 0) is 37.0 Å². The molecule has 14 heavy (non-hydrogen) atoms. The van der Waals surface area contributed by atoms with Crippen LogP contribution < -0.4 is 0 Å². The highest BCUT2D eigenvalue weighted by atomic mass is 16.6. The van der Waals surface area contributed by atoms with E-state index in [0.717, 1.165) is 12.8 Å². The summed E-state index contributed by atoms with van der Waals surface area (Å²) in [6.07, 6.45) is 3.77.